The van der Waals surface area contributed by atoms with Crippen LogP contribution in [0.1, 0.15) is 40.6 Å². The summed E-state index contributed by atoms with van der Waals surface area (Å²) in [6, 6.07) is 3.03. The van der Waals surface area contributed by atoms with Crippen LogP contribution in [0.4, 0.5) is 0 Å². The van der Waals surface area contributed by atoms with Gasteiger partial charge in [0.15, 0.2) is 6.20 Å². The number of hydrogen-bond donors (Lipinski definition) is 2. The number of nitrogens with zero attached hydrogens (tertiary/aromatic N) is 1. The molecular weight excluding hydrogens is 220 g/mol. The Hall–Kier alpha value is -1.91. The number of pyridine rings is 1. The van der Waals surface area contributed by atoms with E-state index in [0.717, 1.165) is 12.8 Å². The number of nitrogens with one attached hydrogen (secondary N) is 1. The number of carbonyl (C=O) groups excluding carboxylic acids is 1. The minimum atomic E-state index is -1.10. The van der Waals surface area contributed by atoms with E-state index in [1.807, 2.05) is 6.92 Å². The second kappa shape index (κ2) is 5.98. The molecule has 2 N–H and O–H groups in total. The molecule has 1 heterocycles. The van der Waals surface area contributed by atoms with Gasteiger partial charge in [0.2, 0.25) is 0 Å². The van der Waals surface area contributed by atoms with Gasteiger partial charge in [-0.3, -0.25) is 4.79 Å². The first-order valence-corrected chi connectivity index (χ1v) is 5.58. The van der Waals surface area contributed by atoms with Gasteiger partial charge in [-0.2, -0.15) is 4.57 Å². The quantitative estimate of drug-likeness (QED) is 0.586. The molecular formula is C12H17N2O3+. The normalized spacial score (nSPS) is 10.0. The lowest BCUT2D eigenvalue weighted by Crippen LogP contribution is -2.42. The van der Waals surface area contributed by atoms with Crippen molar-refractivity contribution in [3.8, 4) is 0 Å². The molecule has 92 valence electrons. The van der Waals surface area contributed by atoms with Crippen LogP contribution in [0, 0.1) is 0 Å². The molecule has 0 aliphatic rings. The molecule has 17 heavy (non-hydrogen) atoms. The Morgan fingerprint density at radius 3 is 2.76 bits per heavy atom. The van der Waals surface area contributed by atoms with Crippen molar-refractivity contribution >= 4 is 11.9 Å². The first-order chi connectivity index (χ1) is 8.07. The van der Waals surface area contributed by atoms with Gasteiger partial charge >= 0.3 is 11.9 Å². The van der Waals surface area contributed by atoms with E-state index < -0.39 is 5.97 Å². The zero-order valence-corrected chi connectivity index (χ0v) is 10.1. The van der Waals surface area contributed by atoms with Crippen LogP contribution in [0.5, 0.6) is 0 Å². The zero-order valence-electron chi connectivity index (χ0n) is 10.1. The van der Waals surface area contributed by atoms with Crippen LogP contribution in [0.25, 0.3) is 0 Å². The Kier molecular flexibility index (Phi) is 4.63. The number of aromatic carboxylic acids is 1. The maximum absolute atomic E-state index is 11.9. The number of rotatable bonds is 5. The number of aromatic nitrogens is 1. The van der Waals surface area contributed by atoms with Crippen molar-refractivity contribution in [1.29, 1.82) is 0 Å². The maximum atomic E-state index is 11.9. The van der Waals surface area contributed by atoms with Gasteiger partial charge in [-0.1, -0.05) is 13.3 Å². The summed E-state index contributed by atoms with van der Waals surface area (Å²) in [6.45, 7) is 2.58. The van der Waals surface area contributed by atoms with Crippen molar-refractivity contribution in [3.05, 3.63) is 29.6 Å². The highest BCUT2D eigenvalue weighted by atomic mass is 16.4. The van der Waals surface area contributed by atoms with E-state index in [-0.39, 0.29) is 17.2 Å². The second-order valence-electron chi connectivity index (χ2n) is 3.80. The molecule has 1 aromatic heterocycles. The maximum Gasteiger partial charge on any atom is 0.342 e. The third-order valence-corrected chi connectivity index (χ3v) is 2.44. The van der Waals surface area contributed by atoms with Gasteiger partial charge in [-0.15, -0.1) is 0 Å². The van der Waals surface area contributed by atoms with Gasteiger partial charge in [0, 0.05) is 12.6 Å². The topological polar surface area (TPSA) is 70.3 Å². The van der Waals surface area contributed by atoms with E-state index in [2.05, 4.69) is 5.32 Å². The highest BCUT2D eigenvalue weighted by Gasteiger charge is 2.25. The van der Waals surface area contributed by atoms with Crippen LogP contribution in [-0.4, -0.2) is 23.5 Å². The fourth-order valence-electron chi connectivity index (χ4n) is 1.53. The van der Waals surface area contributed by atoms with Crippen LogP contribution in [0.3, 0.4) is 0 Å². The van der Waals surface area contributed by atoms with Crippen molar-refractivity contribution in [2.24, 2.45) is 7.05 Å². The van der Waals surface area contributed by atoms with Crippen LogP contribution in [0.15, 0.2) is 18.3 Å². The van der Waals surface area contributed by atoms with E-state index >= 15 is 0 Å². The van der Waals surface area contributed by atoms with E-state index in [1.54, 1.807) is 19.3 Å². The monoisotopic (exact) mass is 237 g/mol. The minimum absolute atomic E-state index is 0.0176. The molecule has 0 aromatic carbocycles. The van der Waals surface area contributed by atoms with Crippen molar-refractivity contribution < 1.29 is 19.3 Å². The van der Waals surface area contributed by atoms with E-state index in [0.29, 0.717) is 6.54 Å². The van der Waals surface area contributed by atoms with Crippen molar-refractivity contribution in [3.63, 3.8) is 0 Å². The molecule has 0 spiro atoms. The van der Waals surface area contributed by atoms with Crippen molar-refractivity contribution in [2.45, 2.75) is 19.8 Å². The Labute approximate surface area is 100 Å². The largest absolute Gasteiger partial charge is 0.477 e. The van der Waals surface area contributed by atoms with Gasteiger partial charge in [0.1, 0.15) is 12.6 Å². The summed E-state index contributed by atoms with van der Waals surface area (Å²) in [7, 11) is 1.65. The first kappa shape index (κ1) is 13.2. The molecule has 0 unspecified atom stereocenters. The summed E-state index contributed by atoms with van der Waals surface area (Å²) in [5.41, 5.74) is 0.195. The number of unbranched alkanes of at least 4 members (excludes halogenated alkanes) is 1. The van der Waals surface area contributed by atoms with Gasteiger partial charge in [0.05, 0.1) is 0 Å². The molecule has 0 radical (unpaired) electrons. The van der Waals surface area contributed by atoms with Gasteiger partial charge in [0.25, 0.3) is 5.69 Å². The third kappa shape index (κ3) is 3.27. The second-order valence-corrected chi connectivity index (χ2v) is 3.80. The number of aryl methyl sites for hydroxylation is 1. The first-order valence-electron chi connectivity index (χ1n) is 5.58. The molecule has 0 atom stereocenters. The number of carboxylic acid groups (broad SMARTS) is 1. The van der Waals surface area contributed by atoms with E-state index in [9.17, 15) is 9.59 Å². The number of hydrogen-bond acceptors (Lipinski definition) is 2. The van der Waals surface area contributed by atoms with E-state index in [1.165, 1.54) is 10.6 Å². The Morgan fingerprint density at radius 1 is 1.47 bits per heavy atom. The highest BCUT2D eigenvalue weighted by Crippen LogP contribution is 2.03. The highest BCUT2D eigenvalue weighted by molar-refractivity contribution is 6.02. The predicted molar refractivity (Wildman–Crippen MR) is 61.8 cm³/mol. The Balaban J connectivity index is 2.95. The lowest BCUT2D eigenvalue weighted by atomic mass is 10.1. The molecule has 1 amide bonds. The summed E-state index contributed by atoms with van der Waals surface area (Å²) >= 11 is 0. The average molecular weight is 237 g/mol. The molecule has 0 aliphatic heterocycles. The fourth-order valence-corrected chi connectivity index (χ4v) is 1.53. The Morgan fingerprint density at radius 2 is 2.18 bits per heavy atom. The predicted octanol–water partition coefficient (Wildman–Crippen LogP) is 0.739. The molecule has 0 aliphatic carbocycles. The van der Waals surface area contributed by atoms with Crippen LogP contribution >= 0.6 is 0 Å². The molecule has 1 aromatic rings. The minimum Gasteiger partial charge on any atom is -0.477 e. The third-order valence-electron chi connectivity index (χ3n) is 2.44. The average Bonchev–Trinajstić information content (AvgIpc) is 2.28. The van der Waals surface area contributed by atoms with Crippen molar-refractivity contribution in [2.75, 3.05) is 6.54 Å². The molecule has 0 saturated heterocycles. The number of carboxylic acids is 1. The fraction of sp³-hybridized carbons (Fsp3) is 0.417. The van der Waals surface area contributed by atoms with E-state index in [4.69, 9.17) is 5.11 Å². The molecule has 0 fully saturated rings. The van der Waals surface area contributed by atoms with Crippen molar-refractivity contribution in [1.82, 2.24) is 5.32 Å². The smallest absolute Gasteiger partial charge is 0.342 e. The lowest BCUT2D eigenvalue weighted by Gasteiger charge is -2.04. The Bertz CT molecular complexity index is 430. The molecule has 5 heteroatoms. The summed E-state index contributed by atoms with van der Waals surface area (Å²) in [6.07, 6.45) is 3.51. The lowest BCUT2D eigenvalue weighted by molar-refractivity contribution is -0.673. The molecule has 5 nitrogen and oxygen atoms in total. The SMILES string of the molecule is CCCCNC(=O)c1c(C(=O)O)ccc[n+]1C. The molecule has 1 rings (SSSR count). The van der Waals surface area contributed by atoms with Crippen LogP contribution < -0.4 is 9.88 Å². The summed E-state index contributed by atoms with van der Waals surface area (Å²) in [5, 5.41) is 11.7. The standard InChI is InChI=1S/C12H16N2O3/c1-3-4-7-13-11(15)10-9(12(16)17)6-5-8-14(10)2/h5-6,8H,3-4,7H2,1-2H3,(H-,13,15,16,17)/p+1. The van der Waals surface area contributed by atoms with Gasteiger partial charge < -0.3 is 10.4 Å². The zero-order chi connectivity index (χ0) is 12.8. The number of amides is 1. The summed E-state index contributed by atoms with van der Waals surface area (Å²) in [5.74, 6) is -1.44. The summed E-state index contributed by atoms with van der Waals surface area (Å²) < 4.78 is 1.52. The summed E-state index contributed by atoms with van der Waals surface area (Å²) in [4.78, 5) is 22.9. The molecule has 0 bridgehead atoms. The van der Waals surface area contributed by atoms with Gasteiger partial charge in [-0.25, -0.2) is 4.79 Å². The molecule has 0 saturated carbocycles. The van der Waals surface area contributed by atoms with Crippen LogP contribution in [-0.2, 0) is 7.05 Å². The van der Waals surface area contributed by atoms with Gasteiger partial charge in [-0.05, 0) is 12.5 Å². The van der Waals surface area contributed by atoms with Crippen LogP contribution in [0.2, 0.25) is 0 Å². The number of carbonyl (C=O) groups is 2.